The summed E-state index contributed by atoms with van der Waals surface area (Å²) in [5.41, 5.74) is 5.61. The van der Waals surface area contributed by atoms with E-state index in [0.717, 1.165) is 19.3 Å². The number of nitrogens with two attached hydrogens (primary N) is 1. The second kappa shape index (κ2) is 10.5. The predicted molar refractivity (Wildman–Crippen MR) is 102 cm³/mol. The van der Waals surface area contributed by atoms with E-state index in [0.29, 0.717) is 25.4 Å². The molecule has 1 saturated heterocycles. The minimum Gasteiger partial charge on any atom is -0.354 e. The van der Waals surface area contributed by atoms with Crippen molar-refractivity contribution in [3.63, 3.8) is 0 Å². The van der Waals surface area contributed by atoms with Gasteiger partial charge in [0.1, 0.15) is 12.1 Å². The number of rotatable bonds is 9. The zero-order valence-corrected chi connectivity index (χ0v) is 16.9. The molecule has 7 nitrogen and oxygen atoms in total. The van der Waals surface area contributed by atoms with Gasteiger partial charge in [-0.15, -0.1) is 0 Å². The minimum atomic E-state index is -0.679. The van der Waals surface area contributed by atoms with Crippen molar-refractivity contribution >= 4 is 17.7 Å². The number of amides is 3. The Kier molecular flexibility index (Phi) is 9.05. The Morgan fingerprint density at radius 3 is 2.27 bits per heavy atom. The lowest BCUT2D eigenvalue weighted by Gasteiger charge is -2.31. The van der Waals surface area contributed by atoms with Crippen molar-refractivity contribution in [3.05, 3.63) is 0 Å². The van der Waals surface area contributed by atoms with Gasteiger partial charge in [0, 0.05) is 13.1 Å². The molecule has 0 spiro atoms. The van der Waals surface area contributed by atoms with Gasteiger partial charge in [-0.1, -0.05) is 40.5 Å². The highest BCUT2D eigenvalue weighted by atomic mass is 16.2. The Labute approximate surface area is 157 Å². The van der Waals surface area contributed by atoms with E-state index in [9.17, 15) is 14.4 Å². The van der Waals surface area contributed by atoms with Crippen molar-refractivity contribution in [1.29, 1.82) is 0 Å². The van der Waals surface area contributed by atoms with Crippen LogP contribution in [-0.4, -0.2) is 53.8 Å². The molecule has 7 heteroatoms. The predicted octanol–water partition coefficient (Wildman–Crippen LogP) is 1.02. The molecule has 0 saturated carbocycles. The third kappa shape index (κ3) is 5.97. The van der Waals surface area contributed by atoms with Gasteiger partial charge in [-0.3, -0.25) is 14.4 Å². The number of carbonyl (C=O) groups excluding carboxylic acids is 3. The second-order valence-corrected chi connectivity index (χ2v) is 7.64. The largest absolute Gasteiger partial charge is 0.354 e. The highest BCUT2D eigenvalue weighted by Gasteiger charge is 2.38. The summed E-state index contributed by atoms with van der Waals surface area (Å²) in [5, 5.41) is 5.73. The van der Waals surface area contributed by atoms with E-state index in [1.54, 1.807) is 11.8 Å². The molecule has 0 bridgehead atoms. The Morgan fingerprint density at radius 1 is 1.15 bits per heavy atom. The summed E-state index contributed by atoms with van der Waals surface area (Å²) in [6.45, 7) is 10.7. The van der Waals surface area contributed by atoms with Crippen molar-refractivity contribution in [2.45, 2.75) is 78.4 Å². The Hall–Kier alpha value is -1.63. The van der Waals surface area contributed by atoms with Crippen LogP contribution in [0.4, 0.5) is 0 Å². The van der Waals surface area contributed by atoms with E-state index >= 15 is 0 Å². The number of hydrogen-bond donors (Lipinski definition) is 3. The van der Waals surface area contributed by atoms with Crippen LogP contribution < -0.4 is 16.4 Å². The van der Waals surface area contributed by atoms with E-state index < -0.39 is 18.1 Å². The summed E-state index contributed by atoms with van der Waals surface area (Å²) in [6.07, 6.45) is 3.49. The summed E-state index contributed by atoms with van der Waals surface area (Å²) < 4.78 is 0. The normalized spacial score (nSPS) is 19.5. The van der Waals surface area contributed by atoms with Gasteiger partial charge in [0.15, 0.2) is 0 Å². The second-order valence-electron chi connectivity index (χ2n) is 7.64. The number of nitrogens with one attached hydrogen (secondary N) is 2. The average Bonchev–Trinajstić information content (AvgIpc) is 3.08. The van der Waals surface area contributed by atoms with Crippen molar-refractivity contribution in [1.82, 2.24) is 15.5 Å². The highest BCUT2D eigenvalue weighted by molar-refractivity contribution is 5.93. The summed E-state index contributed by atoms with van der Waals surface area (Å²) in [5.74, 6) is -0.277. The first kappa shape index (κ1) is 22.4. The Bertz CT molecular complexity index is 489. The maximum Gasteiger partial charge on any atom is 0.246 e. The molecular formula is C19H36N4O3. The minimum absolute atomic E-state index is 0.0842. The molecule has 0 aromatic rings. The molecule has 0 radical (unpaired) electrons. The average molecular weight is 369 g/mol. The molecule has 26 heavy (non-hydrogen) atoms. The maximum atomic E-state index is 13.0. The van der Waals surface area contributed by atoms with Crippen LogP contribution in [0, 0.1) is 11.8 Å². The molecule has 1 aliphatic rings. The van der Waals surface area contributed by atoms with Gasteiger partial charge >= 0.3 is 0 Å². The third-order valence-electron chi connectivity index (χ3n) is 5.20. The maximum absolute atomic E-state index is 13.0. The van der Waals surface area contributed by atoms with Crippen molar-refractivity contribution in [2.24, 2.45) is 17.6 Å². The molecule has 3 unspecified atom stereocenters. The zero-order chi connectivity index (χ0) is 19.9. The molecule has 0 aliphatic carbocycles. The molecule has 3 atom stereocenters. The molecule has 150 valence electrons. The lowest BCUT2D eigenvalue weighted by atomic mass is 10.0. The van der Waals surface area contributed by atoms with Crippen LogP contribution in [0.2, 0.25) is 0 Å². The van der Waals surface area contributed by atoms with Gasteiger partial charge in [-0.05, 0) is 31.6 Å². The van der Waals surface area contributed by atoms with Crippen LogP contribution in [0.15, 0.2) is 0 Å². The molecule has 1 aliphatic heterocycles. The first-order valence-corrected chi connectivity index (χ1v) is 9.86. The molecule has 3 amide bonds. The SMILES string of the molecule is CCC(CC)CNC(=O)C1CCCN1C(=O)C(NC(=O)C(C)N)C(C)C. The summed E-state index contributed by atoms with van der Waals surface area (Å²) in [4.78, 5) is 39.2. The molecule has 0 aromatic heterocycles. The summed E-state index contributed by atoms with van der Waals surface area (Å²) >= 11 is 0. The van der Waals surface area contributed by atoms with Crippen LogP contribution in [-0.2, 0) is 14.4 Å². The van der Waals surface area contributed by atoms with Crippen molar-refractivity contribution in [3.8, 4) is 0 Å². The Balaban J connectivity index is 2.78. The first-order valence-electron chi connectivity index (χ1n) is 9.86. The molecular weight excluding hydrogens is 332 g/mol. The van der Waals surface area contributed by atoms with Gasteiger partial charge in [0.2, 0.25) is 17.7 Å². The van der Waals surface area contributed by atoms with Crippen molar-refractivity contribution in [2.75, 3.05) is 13.1 Å². The van der Waals surface area contributed by atoms with E-state index in [1.165, 1.54) is 0 Å². The molecule has 1 fully saturated rings. The van der Waals surface area contributed by atoms with Crippen LogP contribution in [0.25, 0.3) is 0 Å². The quantitative estimate of drug-likeness (QED) is 0.565. The fraction of sp³-hybridized carbons (Fsp3) is 0.842. The lowest BCUT2D eigenvalue weighted by molar-refractivity contribution is -0.142. The van der Waals surface area contributed by atoms with E-state index in [1.807, 2.05) is 13.8 Å². The van der Waals surface area contributed by atoms with Gasteiger partial charge in [-0.2, -0.15) is 0 Å². The van der Waals surface area contributed by atoms with Gasteiger partial charge in [0.05, 0.1) is 6.04 Å². The number of hydrogen-bond acceptors (Lipinski definition) is 4. The summed E-state index contributed by atoms with van der Waals surface area (Å²) in [6, 6.07) is -1.80. The highest BCUT2D eigenvalue weighted by Crippen LogP contribution is 2.20. The molecule has 1 heterocycles. The lowest BCUT2D eigenvalue weighted by Crippen LogP contribution is -2.57. The number of carbonyl (C=O) groups is 3. The number of likely N-dealkylation sites (tertiary alicyclic amines) is 1. The summed E-state index contributed by atoms with van der Waals surface area (Å²) in [7, 11) is 0. The van der Waals surface area contributed by atoms with Crippen LogP contribution >= 0.6 is 0 Å². The standard InChI is InChI=1S/C19H36N4O3/c1-6-14(7-2)11-21-18(25)15-9-8-10-23(15)19(26)16(12(3)4)22-17(24)13(5)20/h12-16H,6-11,20H2,1-5H3,(H,21,25)(H,22,24). The smallest absolute Gasteiger partial charge is 0.246 e. The van der Waals surface area contributed by atoms with Crippen molar-refractivity contribution < 1.29 is 14.4 Å². The number of nitrogens with zero attached hydrogens (tertiary/aromatic N) is 1. The van der Waals surface area contributed by atoms with E-state index in [4.69, 9.17) is 5.73 Å². The van der Waals surface area contributed by atoms with Gasteiger partial charge in [-0.25, -0.2) is 0 Å². The van der Waals surface area contributed by atoms with E-state index in [-0.39, 0.29) is 23.6 Å². The van der Waals surface area contributed by atoms with Crippen LogP contribution in [0.3, 0.4) is 0 Å². The van der Waals surface area contributed by atoms with Crippen LogP contribution in [0.1, 0.15) is 60.3 Å². The fourth-order valence-electron chi connectivity index (χ4n) is 3.22. The molecule has 4 N–H and O–H groups in total. The monoisotopic (exact) mass is 368 g/mol. The third-order valence-corrected chi connectivity index (χ3v) is 5.20. The van der Waals surface area contributed by atoms with Crippen LogP contribution in [0.5, 0.6) is 0 Å². The molecule has 0 aromatic carbocycles. The molecule has 1 rings (SSSR count). The Morgan fingerprint density at radius 2 is 1.77 bits per heavy atom. The van der Waals surface area contributed by atoms with E-state index in [2.05, 4.69) is 24.5 Å². The van der Waals surface area contributed by atoms with Gasteiger partial charge < -0.3 is 21.3 Å². The first-order chi connectivity index (χ1) is 12.2. The zero-order valence-electron chi connectivity index (χ0n) is 16.9. The topological polar surface area (TPSA) is 105 Å². The fourth-order valence-corrected chi connectivity index (χ4v) is 3.22. The van der Waals surface area contributed by atoms with Gasteiger partial charge in [0.25, 0.3) is 0 Å².